The average molecular weight is 612 g/mol. The largest absolute Gasteiger partial charge is 0.353 e. The zero-order valence-electron chi connectivity index (χ0n) is 25.2. The third-order valence-corrected chi connectivity index (χ3v) is 9.73. The summed E-state index contributed by atoms with van der Waals surface area (Å²) in [7, 11) is 1.33. The van der Waals surface area contributed by atoms with Crippen molar-refractivity contribution in [3.63, 3.8) is 0 Å². The summed E-state index contributed by atoms with van der Waals surface area (Å²) in [4.78, 5) is 77.9. The molecule has 12 heteroatoms. The molecule has 232 valence electrons. The van der Waals surface area contributed by atoms with Crippen LogP contribution in [0.4, 0.5) is 5.69 Å². The maximum absolute atomic E-state index is 13.3. The molecule has 2 heterocycles. The van der Waals surface area contributed by atoms with Crippen molar-refractivity contribution in [1.29, 1.82) is 0 Å². The highest BCUT2D eigenvalue weighted by molar-refractivity contribution is 7.14. The third-order valence-electron chi connectivity index (χ3n) is 8.58. The molecule has 4 N–H and O–H groups in total. The highest BCUT2D eigenvalue weighted by Gasteiger charge is 2.38. The van der Waals surface area contributed by atoms with E-state index in [2.05, 4.69) is 28.2 Å². The summed E-state index contributed by atoms with van der Waals surface area (Å²) in [6.45, 7) is 5.63. The number of hydrogen-bond acceptors (Lipinski definition) is 7. The van der Waals surface area contributed by atoms with Gasteiger partial charge in [0, 0.05) is 30.6 Å². The van der Waals surface area contributed by atoms with Crippen molar-refractivity contribution >= 4 is 46.4 Å². The molecular formula is C31H41N5O6S. The highest BCUT2D eigenvalue weighted by Crippen LogP contribution is 2.42. The first-order valence-corrected chi connectivity index (χ1v) is 15.7. The topological polar surface area (TPSA) is 155 Å². The first-order valence-electron chi connectivity index (χ1n) is 14.9. The molecule has 0 saturated heterocycles. The van der Waals surface area contributed by atoms with Crippen LogP contribution in [0.5, 0.6) is 0 Å². The maximum atomic E-state index is 13.3. The van der Waals surface area contributed by atoms with Gasteiger partial charge in [0.2, 0.25) is 17.6 Å². The van der Waals surface area contributed by atoms with Crippen LogP contribution in [0.1, 0.15) is 72.0 Å². The van der Waals surface area contributed by atoms with Crippen molar-refractivity contribution in [3.05, 3.63) is 50.1 Å². The number of anilines is 1. The first-order chi connectivity index (χ1) is 20.5. The van der Waals surface area contributed by atoms with E-state index in [0.717, 1.165) is 35.6 Å². The van der Waals surface area contributed by atoms with Gasteiger partial charge in [-0.1, -0.05) is 19.8 Å². The van der Waals surface area contributed by atoms with Crippen LogP contribution < -0.4 is 26.8 Å². The van der Waals surface area contributed by atoms with Crippen molar-refractivity contribution in [2.75, 3.05) is 12.4 Å². The molecule has 2 fully saturated rings. The number of nitrogens with zero attached hydrogens (tertiary/aromatic N) is 1. The Bertz CT molecular complexity index is 1450. The molecule has 4 amide bonds. The van der Waals surface area contributed by atoms with Crippen molar-refractivity contribution in [2.24, 2.45) is 17.8 Å². The summed E-state index contributed by atoms with van der Waals surface area (Å²) in [5.41, 5.74) is 0.105. The molecule has 2 saturated carbocycles. The zero-order chi connectivity index (χ0) is 31.3. The van der Waals surface area contributed by atoms with Gasteiger partial charge >= 0.3 is 0 Å². The number of rotatable bonds is 11. The van der Waals surface area contributed by atoms with Gasteiger partial charge in [-0.05, 0) is 81.0 Å². The number of aryl methyl sites for hydroxylation is 2. The monoisotopic (exact) mass is 611 g/mol. The second-order valence-corrected chi connectivity index (χ2v) is 13.1. The number of aromatic nitrogens is 1. The summed E-state index contributed by atoms with van der Waals surface area (Å²) in [6, 6.07) is 3.71. The fraction of sp³-hybridized carbons (Fsp3) is 0.548. The van der Waals surface area contributed by atoms with Crippen molar-refractivity contribution < 1.29 is 24.0 Å². The Morgan fingerprint density at radius 3 is 2.58 bits per heavy atom. The Labute approximate surface area is 255 Å². The fourth-order valence-electron chi connectivity index (χ4n) is 6.52. The first kappa shape index (κ1) is 32.1. The molecule has 2 aromatic rings. The average Bonchev–Trinajstić information content (AvgIpc) is 3.32. The minimum absolute atomic E-state index is 0.0681. The molecule has 11 nitrogen and oxygen atoms in total. The Morgan fingerprint density at radius 2 is 1.88 bits per heavy atom. The Balaban J connectivity index is 1.45. The van der Waals surface area contributed by atoms with E-state index >= 15 is 0 Å². The van der Waals surface area contributed by atoms with E-state index in [0.29, 0.717) is 16.7 Å². The second kappa shape index (κ2) is 14.1. The van der Waals surface area contributed by atoms with Crippen LogP contribution in [0.15, 0.2) is 29.2 Å². The lowest BCUT2D eigenvalue weighted by molar-refractivity contribution is -0.137. The van der Waals surface area contributed by atoms with E-state index in [1.54, 1.807) is 13.0 Å². The number of ketones is 1. The van der Waals surface area contributed by atoms with Crippen molar-refractivity contribution in [3.8, 4) is 0 Å². The summed E-state index contributed by atoms with van der Waals surface area (Å²) < 4.78 is 1.24. The van der Waals surface area contributed by atoms with Crippen LogP contribution in [-0.4, -0.2) is 53.1 Å². The van der Waals surface area contributed by atoms with Crippen LogP contribution in [0.3, 0.4) is 0 Å². The molecule has 0 aliphatic heterocycles. The number of hydrogen-bond donors (Lipinski definition) is 4. The molecule has 2 bridgehead atoms. The maximum Gasteiger partial charge on any atom is 0.287 e. The molecule has 2 aromatic heterocycles. The number of Topliss-reactive ketones (excluding diaryl/α,β-unsaturated/α-hetero) is 1. The van der Waals surface area contributed by atoms with Crippen molar-refractivity contribution in [1.82, 2.24) is 20.5 Å². The quantitative estimate of drug-likeness (QED) is 0.287. The van der Waals surface area contributed by atoms with Gasteiger partial charge in [0.05, 0.1) is 4.88 Å². The second-order valence-electron chi connectivity index (χ2n) is 11.9. The van der Waals surface area contributed by atoms with E-state index in [1.165, 1.54) is 48.1 Å². The van der Waals surface area contributed by atoms with Crippen LogP contribution in [0.2, 0.25) is 0 Å². The SMILES string of the molecule is CNC(=O)C(=O)CCC(NC(=O)c1sc(C)cc1C)C(=O)Nc1cccn(CC(=O)NC2C(C)CC3CCCC2C3)c1=O. The number of carbonyl (C=O) groups is 5. The van der Waals surface area contributed by atoms with Crippen molar-refractivity contribution in [2.45, 2.75) is 84.3 Å². The van der Waals surface area contributed by atoms with E-state index < -0.39 is 35.1 Å². The number of nitrogens with one attached hydrogen (secondary N) is 4. The predicted molar refractivity (Wildman–Crippen MR) is 164 cm³/mol. The number of likely N-dealkylation sites (N-methyl/N-ethyl adjacent to an activating group) is 1. The minimum atomic E-state index is -1.20. The number of pyridine rings is 1. The standard InChI is InChI=1S/C31H41N5O6S/c1-17-14-20-7-5-8-21(15-20)26(17)35-25(38)16-36-12-6-9-23(31(36)42)34-28(39)22(10-11-24(37)29(40)32-4)33-30(41)27-18(2)13-19(3)43-27/h6,9,12-13,17,20-22,26H,5,7-8,10-11,14-16H2,1-4H3,(H,32,40)(H,33,41)(H,34,39)(H,35,38). The normalized spacial score (nSPS) is 21.8. The molecule has 0 radical (unpaired) electrons. The number of amides is 4. The van der Waals surface area contributed by atoms with E-state index in [4.69, 9.17) is 0 Å². The number of thiophene rings is 1. The smallest absolute Gasteiger partial charge is 0.287 e. The Kier molecular flexibility index (Phi) is 10.5. The molecule has 2 aliphatic carbocycles. The van der Waals surface area contributed by atoms with E-state index in [1.807, 2.05) is 13.0 Å². The number of fused-ring (bicyclic) bond motifs is 2. The number of carbonyl (C=O) groups excluding carboxylic acids is 5. The van der Waals surface area contributed by atoms with Gasteiger partial charge in [0.15, 0.2) is 0 Å². The summed E-state index contributed by atoms with van der Waals surface area (Å²) in [6.07, 6.45) is 6.82. The molecule has 5 unspecified atom stereocenters. The molecule has 0 spiro atoms. The van der Waals surface area contributed by atoms with Crippen LogP contribution in [0.25, 0.3) is 0 Å². The summed E-state index contributed by atoms with van der Waals surface area (Å²) in [5.74, 6) is -1.44. The fourth-order valence-corrected chi connectivity index (χ4v) is 7.45. The van der Waals surface area contributed by atoms with E-state index in [-0.39, 0.29) is 37.0 Å². The molecular weight excluding hydrogens is 570 g/mol. The lowest BCUT2D eigenvalue weighted by Crippen LogP contribution is -2.50. The highest BCUT2D eigenvalue weighted by atomic mass is 32.1. The van der Waals surface area contributed by atoms with Gasteiger partial charge in [-0.25, -0.2) is 0 Å². The van der Waals surface area contributed by atoms with Crippen LogP contribution in [-0.2, 0) is 25.7 Å². The molecule has 0 aromatic carbocycles. The van der Waals surface area contributed by atoms with Crippen LogP contribution >= 0.6 is 11.3 Å². The third kappa shape index (κ3) is 7.98. The van der Waals surface area contributed by atoms with Crippen LogP contribution in [0, 0.1) is 31.6 Å². The summed E-state index contributed by atoms with van der Waals surface area (Å²) in [5, 5.41) is 10.6. The van der Waals surface area contributed by atoms with Gasteiger partial charge in [-0.2, -0.15) is 0 Å². The zero-order valence-corrected chi connectivity index (χ0v) is 26.0. The Morgan fingerprint density at radius 1 is 1.12 bits per heavy atom. The summed E-state index contributed by atoms with van der Waals surface area (Å²) >= 11 is 1.27. The van der Waals surface area contributed by atoms with E-state index in [9.17, 15) is 28.8 Å². The molecule has 43 heavy (non-hydrogen) atoms. The van der Waals surface area contributed by atoms with Gasteiger partial charge < -0.3 is 25.8 Å². The lowest BCUT2D eigenvalue weighted by atomic mass is 9.65. The predicted octanol–water partition coefficient (Wildman–Crippen LogP) is 2.69. The lowest BCUT2D eigenvalue weighted by Gasteiger charge is -2.44. The molecule has 5 atom stereocenters. The van der Waals surface area contributed by atoms with Gasteiger partial charge in [-0.3, -0.25) is 28.8 Å². The van der Waals surface area contributed by atoms with Gasteiger partial charge in [0.1, 0.15) is 18.3 Å². The molecule has 4 rings (SSSR count). The van der Waals surface area contributed by atoms with Gasteiger partial charge in [-0.15, -0.1) is 11.3 Å². The molecule has 2 aliphatic rings. The Hall–Kier alpha value is -3.80. The minimum Gasteiger partial charge on any atom is -0.353 e. The van der Waals surface area contributed by atoms with Gasteiger partial charge in [0.25, 0.3) is 17.4 Å².